The highest BCUT2D eigenvalue weighted by Crippen LogP contribution is 2.23. The predicted octanol–water partition coefficient (Wildman–Crippen LogP) is 4.26. The number of halogens is 3. The summed E-state index contributed by atoms with van der Waals surface area (Å²) in [4.78, 5) is 0. The minimum Gasteiger partial charge on any atom is -0.389 e. The molecule has 0 spiro atoms. The summed E-state index contributed by atoms with van der Waals surface area (Å²) in [5.74, 6) is -0.654. The largest absolute Gasteiger partial charge is 0.389 e. The Morgan fingerprint density at radius 1 is 1.05 bits per heavy atom. The number of aliphatic hydroxyl groups is 1. The molecule has 1 atom stereocenters. The fraction of sp³-hybridized carbons (Fsp3) is 0.250. The zero-order valence-corrected chi connectivity index (χ0v) is 12.6. The van der Waals surface area contributed by atoms with Crippen LogP contribution in [0.15, 0.2) is 46.9 Å². The molecule has 0 aliphatic carbocycles. The van der Waals surface area contributed by atoms with Gasteiger partial charge in [-0.15, -0.1) is 0 Å². The van der Waals surface area contributed by atoms with Crippen LogP contribution >= 0.6 is 15.9 Å². The molecule has 0 aromatic heterocycles. The third kappa shape index (κ3) is 4.12. The lowest BCUT2D eigenvalue weighted by Gasteiger charge is -2.24. The van der Waals surface area contributed by atoms with E-state index in [-0.39, 0.29) is 18.1 Å². The van der Waals surface area contributed by atoms with Gasteiger partial charge in [-0.2, -0.15) is 0 Å². The zero-order valence-electron chi connectivity index (χ0n) is 11.0. The monoisotopic (exact) mass is 340 g/mol. The van der Waals surface area contributed by atoms with Crippen molar-refractivity contribution in [1.82, 2.24) is 0 Å². The molecule has 0 fully saturated rings. The molecule has 2 rings (SSSR count). The molecule has 0 radical (unpaired) electrons. The van der Waals surface area contributed by atoms with Crippen molar-refractivity contribution in [3.8, 4) is 0 Å². The van der Waals surface area contributed by atoms with Crippen molar-refractivity contribution in [1.29, 1.82) is 0 Å². The average molecular weight is 341 g/mol. The van der Waals surface area contributed by atoms with Gasteiger partial charge in [-0.3, -0.25) is 0 Å². The first-order valence-electron chi connectivity index (χ1n) is 6.26. The molecule has 0 aliphatic heterocycles. The van der Waals surface area contributed by atoms with Crippen LogP contribution in [0.4, 0.5) is 8.78 Å². The molecular weight excluding hydrogens is 326 g/mol. The van der Waals surface area contributed by atoms with E-state index < -0.39 is 5.60 Å². The lowest BCUT2D eigenvalue weighted by atomic mass is 9.89. The number of hydrogen-bond donors (Lipinski definition) is 1. The molecule has 1 nitrogen and oxygen atoms in total. The van der Waals surface area contributed by atoms with Crippen LogP contribution in [0.5, 0.6) is 0 Å². The van der Waals surface area contributed by atoms with Crippen molar-refractivity contribution in [3.05, 3.63) is 69.7 Å². The summed E-state index contributed by atoms with van der Waals surface area (Å²) in [6.45, 7) is 1.65. The maximum absolute atomic E-state index is 13.7. The van der Waals surface area contributed by atoms with E-state index in [0.29, 0.717) is 12.0 Å². The summed E-state index contributed by atoms with van der Waals surface area (Å²) in [6.07, 6.45) is 0.523. The van der Waals surface area contributed by atoms with E-state index >= 15 is 0 Å². The Morgan fingerprint density at radius 3 is 2.35 bits per heavy atom. The molecule has 1 unspecified atom stereocenters. The van der Waals surface area contributed by atoms with E-state index in [2.05, 4.69) is 15.9 Å². The molecule has 0 heterocycles. The van der Waals surface area contributed by atoms with Crippen molar-refractivity contribution in [2.24, 2.45) is 0 Å². The van der Waals surface area contributed by atoms with Gasteiger partial charge in [0.05, 0.1) is 5.60 Å². The van der Waals surface area contributed by atoms with Crippen LogP contribution in [0, 0.1) is 11.6 Å². The van der Waals surface area contributed by atoms with E-state index in [9.17, 15) is 13.9 Å². The highest BCUT2D eigenvalue weighted by atomic mass is 79.9. The summed E-state index contributed by atoms with van der Waals surface area (Å²) >= 11 is 3.29. The standard InChI is InChI=1S/C16H15BrF2O/c1-16(20,9-11-2-5-14(18)6-3-11)10-12-8-13(17)4-7-15(12)19/h2-8,20H,9-10H2,1H3. The zero-order chi connectivity index (χ0) is 14.8. The molecule has 20 heavy (non-hydrogen) atoms. The highest BCUT2D eigenvalue weighted by Gasteiger charge is 2.23. The summed E-state index contributed by atoms with van der Waals surface area (Å²) < 4.78 is 27.3. The Balaban J connectivity index is 2.14. The summed E-state index contributed by atoms with van der Waals surface area (Å²) in [7, 11) is 0. The fourth-order valence-corrected chi connectivity index (χ4v) is 2.60. The quantitative estimate of drug-likeness (QED) is 0.881. The van der Waals surface area contributed by atoms with E-state index in [1.807, 2.05) is 0 Å². The van der Waals surface area contributed by atoms with Gasteiger partial charge in [-0.25, -0.2) is 8.78 Å². The summed E-state index contributed by atoms with van der Waals surface area (Å²) in [5, 5.41) is 10.4. The first kappa shape index (κ1) is 15.1. The van der Waals surface area contributed by atoms with E-state index in [1.54, 1.807) is 31.2 Å². The smallest absolute Gasteiger partial charge is 0.126 e. The second-order valence-electron chi connectivity index (χ2n) is 5.21. The van der Waals surface area contributed by atoms with Crippen molar-refractivity contribution in [2.45, 2.75) is 25.4 Å². The second kappa shape index (κ2) is 6.02. The predicted molar refractivity (Wildman–Crippen MR) is 78.5 cm³/mol. The molecule has 2 aromatic carbocycles. The third-order valence-electron chi connectivity index (χ3n) is 3.08. The summed E-state index contributed by atoms with van der Waals surface area (Å²) in [6, 6.07) is 10.6. The van der Waals surface area contributed by atoms with Crippen molar-refractivity contribution in [3.63, 3.8) is 0 Å². The maximum atomic E-state index is 13.7. The Kier molecular flexibility index (Phi) is 4.55. The first-order valence-corrected chi connectivity index (χ1v) is 7.06. The number of rotatable bonds is 4. The van der Waals surface area contributed by atoms with Gasteiger partial charge in [0.1, 0.15) is 11.6 Å². The van der Waals surface area contributed by atoms with Gasteiger partial charge in [-0.1, -0.05) is 28.1 Å². The third-order valence-corrected chi connectivity index (χ3v) is 3.57. The summed E-state index contributed by atoms with van der Waals surface area (Å²) in [5.41, 5.74) is 0.165. The fourth-order valence-electron chi connectivity index (χ4n) is 2.19. The SMILES string of the molecule is CC(O)(Cc1ccc(F)cc1)Cc1cc(Br)ccc1F. The Labute approximate surface area is 125 Å². The number of hydrogen-bond acceptors (Lipinski definition) is 1. The second-order valence-corrected chi connectivity index (χ2v) is 6.13. The van der Waals surface area contributed by atoms with E-state index in [1.165, 1.54) is 18.2 Å². The number of benzene rings is 2. The van der Waals surface area contributed by atoms with E-state index in [0.717, 1.165) is 10.0 Å². The molecular formula is C16H15BrF2O. The lowest BCUT2D eigenvalue weighted by molar-refractivity contribution is 0.0599. The van der Waals surface area contributed by atoms with Gasteiger partial charge in [0.2, 0.25) is 0 Å². The molecule has 4 heteroatoms. The first-order chi connectivity index (χ1) is 9.35. The minimum absolute atomic E-state index is 0.190. The van der Waals surface area contributed by atoms with Gasteiger partial charge in [0.25, 0.3) is 0 Å². The Hall–Kier alpha value is -1.26. The van der Waals surface area contributed by atoms with Crippen molar-refractivity contribution >= 4 is 15.9 Å². The molecule has 0 amide bonds. The van der Waals surface area contributed by atoms with Crippen LogP contribution in [0.2, 0.25) is 0 Å². The highest BCUT2D eigenvalue weighted by molar-refractivity contribution is 9.10. The van der Waals surface area contributed by atoms with Gasteiger partial charge >= 0.3 is 0 Å². The maximum Gasteiger partial charge on any atom is 0.126 e. The van der Waals surface area contributed by atoms with Gasteiger partial charge in [0, 0.05) is 17.3 Å². The lowest BCUT2D eigenvalue weighted by Crippen LogP contribution is -2.30. The topological polar surface area (TPSA) is 20.2 Å². The normalized spacial score (nSPS) is 14.1. The van der Waals surface area contributed by atoms with Crippen molar-refractivity contribution < 1.29 is 13.9 Å². The van der Waals surface area contributed by atoms with Crippen LogP contribution in [-0.4, -0.2) is 10.7 Å². The van der Waals surface area contributed by atoms with Crippen LogP contribution in [0.3, 0.4) is 0 Å². The van der Waals surface area contributed by atoms with Gasteiger partial charge < -0.3 is 5.11 Å². The molecule has 0 saturated carbocycles. The molecule has 0 bridgehead atoms. The molecule has 0 saturated heterocycles. The van der Waals surface area contributed by atoms with Crippen LogP contribution in [0.1, 0.15) is 18.1 Å². The van der Waals surface area contributed by atoms with Crippen molar-refractivity contribution in [2.75, 3.05) is 0 Å². The van der Waals surface area contributed by atoms with Gasteiger partial charge in [0.15, 0.2) is 0 Å². The Morgan fingerprint density at radius 2 is 1.70 bits per heavy atom. The molecule has 1 N–H and O–H groups in total. The molecule has 106 valence electrons. The van der Waals surface area contributed by atoms with E-state index in [4.69, 9.17) is 0 Å². The molecule has 0 aliphatic rings. The minimum atomic E-state index is -1.10. The molecule has 2 aromatic rings. The average Bonchev–Trinajstić information content (AvgIpc) is 2.36. The van der Waals surface area contributed by atoms with Gasteiger partial charge in [-0.05, 0) is 48.4 Å². The van der Waals surface area contributed by atoms with Crippen LogP contribution in [0.25, 0.3) is 0 Å². The van der Waals surface area contributed by atoms with Crippen LogP contribution < -0.4 is 0 Å². The van der Waals surface area contributed by atoms with Crippen LogP contribution in [-0.2, 0) is 12.8 Å². The Bertz CT molecular complexity index is 594.